The molecule has 1 aliphatic rings. The second-order valence-corrected chi connectivity index (χ2v) is 16.1. The standard InChI is InChI=1S/C44H73O13P/c1-3-5-7-8-9-10-11-12-13-14-15-16-17-18-19-20-22-27-43(50)54-34-38(35-56-58(52,53)55-33-37(47)32-45)57-44(51)28-24-23-26-39-40(42(49)31-41(39)48)30-29-36(46)25-21-6-4-2/h9-10,12-13,15-16,18-19,23-24,29-30,36-42,45-49H,3-8,11,14,17,20-22,25-28,31-35H2,1-2H3,(H,52,53)/b10-9-,13-12-,16-15-,19-18-,24-23-,30-29+/t36-,37+,38-,39+,40-,41+,42-/m1/s1. The summed E-state index contributed by atoms with van der Waals surface area (Å²) in [5.41, 5.74) is 0. The van der Waals surface area contributed by atoms with Crippen LogP contribution in [0, 0.1) is 11.8 Å². The first-order valence-electron chi connectivity index (χ1n) is 21.2. The summed E-state index contributed by atoms with van der Waals surface area (Å²) in [6.45, 7) is 1.78. The van der Waals surface area contributed by atoms with Crippen LogP contribution in [0.25, 0.3) is 0 Å². The Morgan fingerprint density at radius 2 is 1.34 bits per heavy atom. The molecule has 6 N–H and O–H groups in total. The Morgan fingerprint density at radius 3 is 1.98 bits per heavy atom. The fourth-order valence-corrected chi connectivity index (χ4v) is 6.87. The van der Waals surface area contributed by atoms with Gasteiger partial charge in [0.25, 0.3) is 0 Å². The number of carbonyl (C=O) groups is 2. The summed E-state index contributed by atoms with van der Waals surface area (Å²) in [6.07, 6.45) is 31.5. The van der Waals surface area contributed by atoms with Crippen molar-refractivity contribution in [2.75, 3.05) is 26.4 Å². The van der Waals surface area contributed by atoms with Gasteiger partial charge in [-0.3, -0.25) is 18.6 Å². The summed E-state index contributed by atoms with van der Waals surface area (Å²) in [4.78, 5) is 35.2. The van der Waals surface area contributed by atoms with Gasteiger partial charge in [-0.25, -0.2) is 4.57 Å². The molecule has 1 saturated carbocycles. The molecule has 58 heavy (non-hydrogen) atoms. The lowest BCUT2D eigenvalue weighted by Gasteiger charge is -2.20. The van der Waals surface area contributed by atoms with E-state index in [9.17, 15) is 39.5 Å². The molecule has 0 heterocycles. The van der Waals surface area contributed by atoms with Gasteiger partial charge in [-0.05, 0) is 63.7 Å². The third kappa shape index (κ3) is 27.9. The van der Waals surface area contributed by atoms with Gasteiger partial charge in [0.15, 0.2) is 6.10 Å². The molecule has 0 radical (unpaired) electrons. The normalized spacial score (nSPS) is 21.6. The number of phosphoric ester groups is 1. The predicted octanol–water partition coefficient (Wildman–Crippen LogP) is 7.27. The van der Waals surface area contributed by atoms with Crippen LogP contribution in [0.1, 0.15) is 123 Å². The summed E-state index contributed by atoms with van der Waals surface area (Å²) in [5.74, 6) is -2.00. The maximum absolute atomic E-state index is 12.7. The fourth-order valence-electron chi connectivity index (χ4n) is 6.08. The molecule has 8 atom stereocenters. The Balaban J connectivity index is 2.59. The van der Waals surface area contributed by atoms with Crippen LogP contribution in [0.5, 0.6) is 0 Å². The van der Waals surface area contributed by atoms with Gasteiger partial charge in [-0.1, -0.05) is 119 Å². The number of unbranched alkanes of at least 4 members (excludes halogenated alkanes) is 6. The zero-order valence-corrected chi connectivity index (χ0v) is 35.7. The van der Waals surface area contributed by atoms with E-state index in [1.54, 1.807) is 18.2 Å². The lowest BCUT2D eigenvalue weighted by Crippen LogP contribution is -2.29. The van der Waals surface area contributed by atoms with Gasteiger partial charge < -0.3 is 39.9 Å². The van der Waals surface area contributed by atoms with Crippen molar-refractivity contribution in [2.24, 2.45) is 11.8 Å². The molecule has 1 unspecified atom stereocenters. The molecular weight excluding hydrogens is 767 g/mol. The number of carbonyl (C=O) groups excluding carboxylic acids is 2. The molecule has 1 fully saturated rings. The van der Waals surface area contributed by atoms with Crippen molar-refractivity contribution in [3.63, 3.8) is 0 Å². The second kappa shape index (κ2) is 34.0. The molecule has 0 amide bonds. The smallest absolute Gasteiger partial charge is 0.462 e. The van der Waals surface area contributed by atoms with E-state index < -0.39 is 76.7 Å². The van der Waals surface area contributed by atoms with Gasteiger partial charge in [0.1, 0.15) is 12.7 Å². The third-order valence-corrected chi connectivity index (χ3v) is 10.4. The monoisotopic (exact) mass is 840 g/mol. The van der Waals surface area contributed by atoms with E-state index in [0.29, 0.717) is 25.7 Å². The lowest BCUT2D eigenvalue weighted by atomic mass is 9.89. The molecule has 332 valence electrons. The van der Waals surface area contributed by atoms with E-state index in [4.69, 9.17) is 19.1 Å². The average molecular weight is 841 g/mol. The van der Waals surface area contributed by atoms with Crippen molar-refractivity contribution in [2.45, 2.75) is 154 Å². The highest BCUT2D eigenvalue weighted by Crippen LogP contribution is 2.43. The van der Waals surface area contributed by atoms with Crippen molar-refractivity contribution in [1.82, 2.24) is 0 Å². The molecule has 13 nitrogen and oxygen atoms in total. The fraction of sp³-hybridized carbons (Fsp3) is 0.682. The number of aliphatic hydroxyl groups is 5. The zero-order valence-electron chi connectivity index (χ0n) is 34.8. The highest BCUT2D eigenvalue weighted by Gasteiger charge is 2.39. The van der Waals surface area contributed by atoms with Crippen molar-refractivity contribution in [1.29, 1.82) is 0 Å². The van der Waals surface area contributed by atoms with Gasteiger partial charge in [-0.15, -0.1) is 0 Å². The second-order valence-electron chi connectivity index (χ2n) is 14.6. The Bertz CT molecular complexity index is 1310. The molecule has 1 rings (SSSR count). The van der Waals surface area contributed by atoms with Gasteiger partial charge >= 0.3 is 19.8 Å². The number of aliphatic hydroxyl groups excluding tert-OH is 5. The molecule has 1 aliphatic carbocycles. The molecule has 0 spiro atoms. The largest absolute Gasteiger partial charge is 0.472 e. The van der Waals surface area contributed by atoms with E-state index in [0.717, 1.165) is 44.9 Å². The van der Waals surface area contributed by atoms with Gasteiger partial charge in [-0.2, -0.15) is 0 Å². The maximum Gasteiger partial charge on any atom is 0.472 e. The molecule has 0 bridgehead atoms. The summed E-state index contributed by atoms with van der Waals surface area (Å²) >= 11 is 0. The van der Waals surface area contributed by atoms with Crippen molar-refractivity contribution in [3.8, 4) is 0 Å². The van der Waals surface area contributed by atoms with Crippen molar-refractivity contribution >= 4 is 19.8 Å². The van der Waals surface area contributed by atoms with E-state index in [-0.39, 0.29) is 31.1 Å². The first-order valence-corrected chi connectivity index (χ1v) is 22.6. The van der Waals surface area contributed by atoms with Crippen LogP contribution in [-0.2, 0) is 32.7 Å². The molecular formula is C44H73O13P. The van der Waals surface area contributed by atoms with E-state index in [1.807, 2.05) is 12.2 Å². The number of rotatable bonds is 34. The SMILES string of the molecule is CCCCC/C=C\C/C=C\C/C=C\C/C=C\CCCC(=O)OC[C@H](COP(=O)(O)OC[C@@H](O)CO)OC(=O)C/C=C\C[C@H]1[C@@H](/C=C/[C@H](O)CCCCC)[C@H](O)C[C@@H]1O. The Morgan fingerprint density at radius 1 is 0.741 bits per heavy atom. The van der Waals surface area contributed by atoms with Crippen molar-refractivity contribution < 1.29 is 63.1 Å². The van der Waals surface area contributed by atoms with Gasteiger partial charge in [0, 0.05) is 18.8 Å². The van der Waals surface area contributed by atoms with Crippen LogP contribution in [0.3, 0.4) is 0 Å². The minimum Gasteiger partial charge on any atom is -0.462 e. The molecule has 0 aromatic carbocycles. The summed E-state index contributed by atoms with van der Waals surface area (Å²) in [5, 5.41) is 49.7. The minimum atomic E-state index is -4.73. The first-order chi connectivity index (χ1) is 27.9. The number of ether oxygens (including phenoxy) is 2. The van der Waals surface area contributed by atoms with Crippen LogP contribution >= 0.6 is 7.82 Å². The Hall–Kier alpha value is -2.71. The maximum atomic E-state index is 12.7. The molecule has 0 aromatic rings. The Labute approximate surface area is 346 Å². The molecule has 0 aromatic heterocycles. The number of allylic oxidation sites excluding steroid dienone is 9. The summed E-state index contributed by atoms with van der Waals surface area (Å²) < 4.78 is 32.6. The average Bonchev–Trinajstić information content (AvgIpc) is 3.47. The Kier molecular flexibility index (Phi) is 31.3. The van der Waals surface area contributed by atoms with Crippen LogP contribution in [0.2, 0.25) is 0 Å². The van der Waals surface area contributed by atoms with E-state index >= 15 is 0 Å². The number of phosphoric acid groups is 1. The predicted molar refractivity (Wildman–Crippen MR) is 225 cm³/mol. The third-order valence-electron chi connectivity index (χ3n) is 9.44. The number of hydrogen-bond acceptors (Lipinski definition) is 12. The quantitative estimate of drug-likeness (QED) is 0.0163. The number of esters is 2. The minimum absolute atomic E-state index is 0.0959. The van der Waals surface area contributed by atoms with Crippen LogP contribution in [0.15, 0.2) is 72.9 Å². The highest BCUT2D eigenvalue weighted by atomic mass is 31.2. The van der Waals surface area contributed by atoms with Crippen LogP contribution in [-0.4, -0.2) is 99.3 Å². The number of hydrogen-bond donors (Lipinski definition) is 6. The summed E-state index contributed by atoms with van der Waals surface area (Å²) in [7, 11) is -4.73. The van der Waals surface area contributed by atoms with E-state index in [1.165, 1.54) is 25.3 Å². The van der Waals surface area contributed by atoms with Gasteiger partial charge in [0.2, 0.25) is 0 Å². The lowest BCUT2D eigenvalue weighted by molar-refractivity contribution is -0.160. The van der Waals surface area contributed by atoms with E-state index in [2.05, 4.69) is 54.8 Å². The van der Waals surface area contributed by atoms with Gasteiger partial charge in [0.05, 0.1) is 44.6 Å². The van der Waals surface area contributed by atoms with Crippen molar-refractivity contribution in [3.05, 3.63) is 72.9 Å². The van der Waals surface area contributed by atoms with Crippen LogP contribution < -0.4 is 0 Å². The van der Waals surface area contributed by atoms with Crippen LogP contribution in [0.4, 0.5) is 0 Å². The molecule has 14 heteroatoms. The molecule has 0 saturated heterocycles. The first kappa shape index (κ1) is 53.3. The summed E-state index contributed by atoms with van der Waals surface area (Å²) in [6, 6.07) is 0. The topological polar surface area (TPSA) is 210 Å². The highest BCUT2D eigenvalue weighted by molar-refractivity contribution is 7.47. The molecule has 0 aliphatic heterocycles. The zero-order chi connectivity index (χ0) is 42.9.